The molecule has 1 fully saturated rings. The van der Waals surface area contributed by atoms with E-state index in [4.69, 9.17) is 12.2 Å². The maximum atomic E-state index is 11.5. The van der Waals surface area contributed by atoms with E-state index in [-0.39, 0.29) is 17.5 Å². The first-order valence-corrected chi connectivity index (χ1v) is 8.72. The average Bonchev–Trinajstić information content (AvgIpc) is 2.82. The topological polar surface area (TPSA) is 67.8 Å². The van der Waals surface area contributed by atoms with Gasteiger partial charge < -0.3 is 0 Å². The highest BCUT2D eigenvalue weighted by molar-refractivity contribution is 7.91. The summed E-state index contributed by atoms with van der Waals surface area (Å²) in [5, 5.41) is 7.11. The minimum atomic E-state index is -2.88. The van der Waals surface area contributed by atoms with E-state index in [1.165, 1.54) is 0 Å². The lowest BCUT2D eigenvalue weighted by Gasteiger charge is -2.24. The Bertz CT molecular complexity index is 748. The molecule has 0 spiro atoms. The Balaban J connectivity index is 1.99. The largest absolute Gasteiger partial charge is 0.297 e. The van der Waals surface area contributed by atoms with Gasteiger partial charge in [0, 0.05) is 11.6 Å². The monoisotopic (exact) mass is 309 g/mol. The molecule has 1 aliphatic rings. The Hall–Kier alpha value is -1.47. The lowest BCUT2D eigenvalue weighted by atomic mass is 10.1. The van der Waals surface area contributed by atoms with Crippen LogP contribution >= 0.6 is 12.2 Å². The summed E-state index contributed by atoms with van der Waals surface area (Å²) >= 11 is 5.31. The molecule has 2 heterocycles. The Labute approximate surface area is 122 Å². The van der Waals surface area contributed by atoms with Crippen molar-refractivity contribution in [1.29, 1.82) is 0 Å². The van der Waals surface area contributed by atoms with Crippen LogP contribution in [0.5, 0.6) is 0 Å². The molecule has 106 valence electrons. The summed E-state index contributed by atoms with van der Waals surface area (Å²) in [6.07, 6.45) is 1.19. The number of sulfone groups is 1. The van der Waals surface area contributed by atoms with Crippen LogP contribution in [-0.4, -0.2) is 34.7 Å². The van der Waals surface area contributed by atoms with Crippen molar-refractivity contribution in [3.63, 3.8) is 0 Å². The zero-order chi connectivity index (χ0) is 14.2. The van der Waals surface area contributed by atoms with Gasteiger partial charge in [-0.25, -0.2) is 8.42 Å². The molecule has 1 saturated heterocycles. The van der Waals surface area contributed by atoms with Gasteiger partial charge in [0.05, 0.1) is 11.5 Å². The van der Waals surface area contributed by atoms with Gasteiger partial charge in [-0.05, 0) is 25.1 Å². The standard InChI is InChI=1S/C13H15N3O2S2/c17-20(18)8-6-11(7-9-20)16-12(14-15-13(16)19)10-4-2-1-3-5-10/h1-5,11H,6-9H2,(H,15,19). The lowest BCUT2D eigenvalue weighted by molar-refractivity contribution is 0.448. The molecule has 0 amide bonds. The summed E-state index contributed by atoms with van der Waals surface area (Å²) < 4.78 is 25.6. The second-order valence-corrected chi connectivity index (χ2v) is 7.66. The van der Waals surface area contributed by atoms with E-state index >= 15 is 0 Å². The summed E-state index contributed by atoms with van der Waals surface area (Å²) in [6, 6.07) is 9.88. The van der Waals surface area contributed by atoms with Gasteiger partial charge in [-0.2, -0.15) is 5.10 Å². The molecule has 0 radical (unpaired) electrons. The maximum Gasteiger partial charge on any atom is 0.195 e. The minimum Gasteiger partial charge on any atom is -0.297 e. The van der Waals surface area contributed by atoms with Crippen LogP contribution < -0.4 is 0 Å². The van der Waals surface area contributed by atoms with E-state index in [0.29, 0.717) is 17.6 Å². The number of H-pyrrole nitrogens is 1. The normalized spacial score (nSPS) is 19.0. The fourth-order valence-corrected chi connectivity index (χ4v) is 4.32. The van der Waals surface area contributed by atoms with Crippen LogP contribution in [0.15, 0.2) is 30.3 Å². The summed E-state index contributed by atoms with van der Waals surface area (Å²) in [7, 11) is -2.88. The SMILES string of the molecule is O=S1(=O)CCC(n2c(-c3ccccc3)n[nH]c2=S)CC1. The van der Waals surface area contributed by atoms with Gasteiger partial charge in [0.25, 0.3) is 0 Å². The molecule has 2 aromatic rings. The summed E-state index contributed by atoms with van der Waals surface area (Å²) in [5.74, 6) is 1.22. The number of aromatic nitrogens is 3. The van der Waals surface area contributed by atoms with Gasteiger partial charge in [-0.3, -0.25) is 9.67 Å². The maximum absolute atomic E-state index is 11.5. The quantitative estimate of drug-likeness (QED) is 0.865. The number of nitrogens with one attached hydrogen (secondary N) is 1. The second kappa shape index (κ2) is 5.14. The molecule has 0 bridgehead atoms. The van der Waals surface area contributed by atoms with Crippen molar-refractivity contribution in [1.82, 2.24) is 14.8 Å². The molecule has 7 heteroatoms. The predicted octanol–water partition coefficient (Wildman–Crippen LogP) is 2.36. The Morgan fingerprint density at radius 1 is 1.20 bits per heavy atom. The lowest BCUT2D eigenvalue weighted by Crippen LogP contribution is -2.26. The molecule has 0 aliphatic carbocycles. The third-order valence-corrected chi connectivity index (χ3v) is 5.63. The molecule has 3 rings (SSSR count). The zero-order valence-electron chi connectivity index (χ0n) is 10.8. The number of nitrogens with zero attached hydrogens (tertiary/aromatic N) is 2. The van der Waals surface area contributed by atoms with Crippen molar-refractivity contribution in [2.45, 2.75) is 18.9 Å². The van der Waals surface area contributed by atoms with Crippen LogP contribution in [0, 0.1) is 4.77 Å². The van der Waals surface area contributed by atoms with Crippen LogP contribution in [0.1, 0.15) is 18.9 Å². The summed E-state index contributed by atoms with van der Waals surface area (Å²) in [5.41, 5.74) is 0.980. The van der Waals surface area contributed by atoms with Crippen molar-refractivity contribution < 1.29 is 8.42 Å². The number of hydrogen-bond donors (Lipinski definition) is 1. The van der Waals surface area contributed by atoms with E-state index in [0.717, 1.165) is 11.4 Å². The number of benzene rings is 1. The first kappa shape index (κ1) is 13.5. The Morgan fingerprint density at radius 3 is 2.50 bits per heavy atom. The third-order valence-electron chi connectivity index (χ3n) is 3.63. The summed E-state index contributed by atoms with van der Waals surface area (Å²) in [4.78, 5) is 0. The molecule has 0 unspecified atom stereocenters. The smallest absolute Gasteiger partial charge is 0.195 e. The van der Waals surface area contributed by atoms with Crippen molar-refractivity contribution in [2.24, 2.45) is 0 Å². The molecule has 1 N–H and O–H groups in total. The molecule has 20 heavy (non-hydrogen) atoms. The highest BCUT2D eigenvalue weighted by Gasteiger charge is 2.27. The van der Waals surface area contributed by atoms with Crippen LogP contribution in [-0.2, 0) is 9.84 Å². The van der Waals surface area contributed by atoms with Crippen molar-refractivity contribution in [3.8, 4) is 11.4 Å². The van der Waals surface area contributed by atoms with Crippen molar-refractivity contribution >= 4 is 22.1 Å². The Morgan fingerprint density at radius 2 is 1.85 bits per heavy atom. The predicted molar refractivity (Wildman–Crippen MR) is 79.8 cm³/mol. The van der Waals surface area contributed by atoms with Gasteiger partial charge in [0.15, 0.2) is 10.6 Å². The van der Waals surface area contributed by atoms with Gasteiger partial charge in [0.2, 0.25) is 0 Å². The van der Waals surface area contributed by atoms with Gasteiger partial charge in [-0.15, -0.1) is 0 Å². The fourth-order valence-electron chi connectivity index (χ4n) is 2.57. The molecule has 0 atom stereocenters. The molecule has 1 aliphatic heterocycles. The first-order chi connectivity index (χ1) is 9.57. The van der Waals surface area contributed by atoms with Crippen LogP contribution in [0.25, 0.3) is 11.4 Å². The van der Waals surface area contributed by atoms with Crippen LogP contribution in [0.2, 0.25) is 0 Å². The van der Waals surface area contributed by atoms with Gasteiger partial charge in [0.1, 0.15) is 9.84 Å². The van der Waals surface area contributed by atoms with E-state index in [2.05, 4.69) is 10.2 Å². The number of hydrogen-bond acceptors (Lipinski definition) is 4. The van der Waals surface area contributed by atoms with E-state index < -0.39 is 9.84 Å². The average molecular weight is 309 g/mol. The van der Waals surface area contributed by atoms with Gasteiger partial charge >= 0.3 is 0 Å². The molecule has 5 nitrogen and oxygen atoms in total. The number of rotatable bonds is 2. The van der Waals surface area contributed by atoms with Crippen LogP contribution in [0.3, 0.4) is 0 Å². The third kappa shape index (κ3) is 2.55. The van der Waals surface area contributed by atoms with Crippen LogP contribution in [0.4, 0.5) is 0 Å². The first-order valence-electron chi connectivity index (χ1n) is 6.49. The molecular formula is C13H15N3O2S2. The van der Waals surface area contributed by atoms with Crippen molar-refractivity contribution in [2.75, 3.05) is 11.5 Å². The van der Waals surface area contributed by atoms with E-state index in [1.54, 1.807) is 0 Å². The van der Waals surface area contributed by atoms with Crippen molar-refractivity contribution in [3.05, 3.63) is 35.1 Å². The number of aromatic amines is 1. The zero-order valence-corrected chi connectivity index (χ0v) is 12.5. The molecule has 1 aromatic carbocycles. The fraction of sp³-hybridized carbons (Fsp3) is 0.385. The molecule has 0 saturated carbocycles. The van der Waals surface area contributed by atoms with E-state index in [9.17, 15) is 8.42 Å². The highest BCUT2D eigenvalue weighted by atomic mass is 32.2. The molecule has 1 aromatic heterocycles. The van der Waals surface area contributed by atoms with E-state index in [1.807, 2.05) is 34.9 Å². The second-order valence-electron chi connectivity index (χ2n) is 4.97. The minimum absolute atomic E-state index is 0.0972. The Kier molecular flexibility index (Phi) is 3.47. The highest BCUT2D eigenvalue weighted by Crippen LogP contribution is 2.28. The van der Waals surface area contributed by atoms with Gasteiger partial charge in [-0.1, -0.05) is 30.3 Å². The molecular weight excluding hydrogens is 294 g/mol. The summed E-state index contributed by atoms with van der Waals surface area (Å²) in [6.45, 7) is 0.